The summed E-state index contributed by atoms with van der Waals surface area (Å²) in [4.78, 5) is 36.3. The SMILES string of the molecule is C/C(=N\NC(=O)C(=O)Nc1cc(Cl)ccc1Cl)c1ccc(OC(=O)c2ccc(Cl)cc2)cc1. The number of anilines is 1. The second kappa shape index (κ2) is 11.0. The molecule has 0 aromatic heterocycles. The molecule has 0 radical (unpaired) electrons. The average molecular weight is 505 g/mol. The van der Waals surface area contributed by atoms with Crippen LogP contribution in [-0.2, 0) is 9.59 Å². The number of hydrogen-bond donors (Lipinski definition) is 2. The van der Waals surface area contributed by atoms with E-state index in [1.54, 1.807) is 61.5 Å². The summed E-state index contributed by atoms with van der Waals surface area (Å²) in [7, 11) is 0. The fourth-order valence-corrected chi connectivity index (χ4v) is 3.00. The van der Waals surface area contributed by atoms with Crippen LogP contribution < -0.4 is 15.5 Å². The molecule has 33 heavy (non-hydrogen) atoms. The third kappa shape index (κ3) is 6.79. The quantitative estimate of drug-likeness (QED) is 0.161. The minimum atomic E-state index is -0.987. The Kier molecular flexibility index (Phi) is 8.06. The largest absolute Gasteiger partial charge is 0.423 e. The molecule has 3 aromatic carbocycles. The highest BCUT2D eigenvalue weighted by molar-refractivity contribution is 6.42. The van der Waals surface area contributed by atoms with Crippen molar-refractivity contribution in [2.45, 2.75) is 6.92 Å². The van der Waals surface area contributed by atoms with Crippen molar-refractivity contribution < 1.29 is 19.1 Å². The number of benzene rings is 3. The first-order valence-electron chi connectivity index (χ1n) is 9.42. The molecule has 0 saturated carbocycles. The number of ether oxygens (including phenoxy) is 1. The van der Waals surface area contributed by atoms with Gasteiger partial charge in [0.1, 0.15) is 5.75 Å². The molecule has 10 heteroatoms. The number of amides is 2. The summed E-state index contributed by atoms with van der Waals surface area (Å²) in [5, 5.41) is 7.39. The molecule has 0 saturated heterocycles. The molecule has 3 aromatic rings. The number of nitrogens with one attached hydrogen (secondary N) is 2. The minimum absolute atomic E-state index is 0.203. The zero-order valence-corrected chi connectivity index (χ0v) is 19.3. The van der Waals surface area contributed by atoms with Crippen LogP contribution in [0, 0.1) is 0 Å². The Hall–Kier alpha value is -3.39. The van der Waals surface area contributed by atoms with Crippen molar-refractivity contribution in [1.29, 1.82) is 0 Å². The highest BCUT2D eigenvalue weighted by Gasteiger charge is 2.15. The normalized spacial score (nSPS) is 11.0. The Bertz CT molecular complexity index is 1230. The predicted octanol–water partition coefficient (Wildman–Crippen LogP) is 5.34. The van der Waals surface area contributed by atoms with Gasteiger partial charge in [-0.3, -0.25) is 9.59 Å². The van der Waals surface area contributed by atoms with Gasteiger partial charge in [-0.2, -0.15) is 5.10 Å². The fourth-order valence-electron chi connectivity index (χ4n) is 2.54. The van der Waals surface area contributed by atoms with Crippen LogP contribution in [0.3, 0.4) is 0 Å². The molecule has 0 aliphatic carbocycles. The number of esters is 1. The summed E-state index contributed by atoms with van der Waals surface area (Å²) >= 11 is 17.6. The van der Waals surface area contributed by atoms with Crippen LogP contribution in [0.1, 0.15) is 22.8 Å². The third-order valence-corrected chi connectivity index (χ3v) is 5.09. The summed E-state index contributed by atoms with van der Waals surface area (Å²) in [6.45, 7) is 1.64. The molecule has 0 aliphatic heterocycles. The molecule has 168 valence electrons. The Morgan fingerprint density at radius 3 is 2.06 bits per heavy atom. The maximum Gasteiger partial charge on any atom is 0.343 e. The van der Waals surface area contributed by atoms with E-state index < -0.39 is 17.8 Å². The molecule has 0 spiro atoms. The second-order valence-electron chi connectivity index (χ2n) is 6.64. The van der Waals surface area contributed by atoms with Gasteiger partial charge in [-0.05, 0) is 79.2 Å². The van der Waals surface area contributed by atoms with Crippen LogP contribution >= 0.6 is 34.8 Å². The van der Waals surface area contributed by atoms with E-state index in [-0.39, 0.29) is 10.7 Å². The van der Waals surface area contributed by atoms with E-state index in [1.165, 1.54) is 12.1 Å². The van der Waals surface area contributed by atoms with Crippen LogP contribution in [0.5, 0.6) is 5.75 Å². The van der Waals surface area contributed by atoms with E-state index in [0.717, 1.165) is 0 Å². The molecule has 0 heterocycles. The van der Waals surface area contributed by atoms with Crippen molar-refractivity contribution >= 4 is 64.0 Å². The average Bonchev–Trinajstić information content (AvgIpc) is 2.80. The Labute approximate surface area is 204 Å². The van der Waals surface area contributed by atoms with Crippen molar-refractivity contribution in [2.75, 3.05) is 5.32 Å². The van der Waals surface area contributed by atoms with Gasteiger partial charge in [0.25, 0.3) is 0 Å². The fraction of sp³-hybridized carbons (Fsp3) is 0.0435. The third-order valence-electron chi connectivity index (χ3n) is 4.27. The number of rotatable bonds is 5. The Morgan fingerprint density at radius 1 is 0.788 bits per heavy atom. The van der Waals surface area contributed by atoms with Gasteiger partial charge in [-0.15, -0.1) is 0 Å². The first kappa shape index (κ1) is 24.3. The number of halogens is 3. The molecule has 0 unspecified atom stereocenters. The summed E-state index contributed by atoms with van der Waals surface area (Å²) in [5.41, 5.74) is 3.80. The van der Waals surface area contributed by atoms with Crippen LogP contribution in [0.2, 0.25) is 15.1 Å². The lowest BCUT2D eigenvalue weighted by molar-refractivity contribution is -0.136. The number of carbonyl (C=O) groups is 3. The number of hydrazone groups is 1. The second-order valence-corrected chi connectivity index (χ2v) is 7.92. The van der Waals surface area contributed by atoms with Gasteiger partial charge in [0, 0.05) is 10.0 Å². The van der Waals surface area contributed by atoms with Crippen molar-refractivity contribution in [3.8, 4) is 5.75 Å². The maximum atomic E-state index is 12.2. The number of carbonyl (C=O) groups excluding carboxylic acids is 3. The molecule has 3 rings (SSSR count). The van der Waals surface area contributed by atoms with Crippen LogP contribution in [0.4, 0.5) is 5.69 Å². The van der Waals surface area contributed by atoms with Gasteiger partial charge in [-0.1, -0.05) is 34.8 Å². The first-order chi connectivity index (χ1) is 15.7. The Morgan fingerprint density at radius 2 is 1.39 bits per heavy atom. The lowest BCUT2D eigenvalue weighted by Crippen LogP contribution is -2.33. The van der Waals surface area contributed by atoms with E-state index in [9.17, 15) is 14.4 Å². The summed E-state index contributed by atoms with van der Waals surface area (Å²) in [6, 6.07) is 17.3. The molecule has 7 nitrogen and oxygen atoms in total. The van der Waals surface area contributed by atoms with Crippen LogP contribution in [-0.4, -0.2) is 23.5 Å². The number of nitrogens with zero attached hydrogens (tertiary/aromatic N) is 1. The van der Waals surface area contributed by atoms with Crippen LogP contribution in [0.15, 0.2) is 71.8 Å². The molecule has 2 amide bonds. The van der Waals surface area contributed by atoms with E-state index >= 15 is 0 Å². The lowest BCUT2D eigenvalue weighted by atomic mass is 10.1. The minimum Gasteiger partial charge on any atom is -0.423 e. The van der Waals surface area contributed by atoms with E-state index in [2.05, 4.69) is 15.8 Å². The highest BCUT2D eigenvalue weighted by atomic mass is 35.5. The molecule has 0 bridgehead atoms. The smallest absolute Gasteiger partial charge is 0.343 e. The standard InChI is InChI=1S/C23H16Cl3N3O4/c1-13(28-29-22(31)21(30)27-20-12-17(25)8-11-19(20)26)14-4-9-18(10-5-14)33-23(32)15-2-6-16(24)7-3-15/h2-12H,1H3,(H,27,30)(H,29,31)/b28-13+. The van der Waals surface area contributed by atoms with Gasteiger partial charge < -0.3 is 10.1 Å². The first-order valence-corrected chi connectivity index (χ1v) is 10.5. The maximum absolute atomic E-state index is 12.2. The summed E-state index contributed by atoms with van der Waals surface area (Å²) in [6.07, 6.45) is 0. The topological polar surface area (TPSA) is 96.9 Å². The van der Waals surface area contributed by atoms with Gasteiger partial charge >= 0.3 is 17.8 Å². The monoisotopic (exact) mass is 503 g/mol. The van der Waals surface area contributed by atoms with Gasteiger partial charge in [0.15, 0.2) is 0 Å². The molecule has 0 fully saturated rings. The molecule has 0 atom stereocenters. The van der Waals surface area contributed by atoms with E-state index in [4.69, 9.17) is 39.5 Å². The number of hydrogen-bond acceptors (Lipinski definition) is 5. The molecular formula is C23H16Cl3N3O4. The summed E-state index contributed by atoms with van der Waals surface area (Å²) < 4.78 is 5.31. The molecule has 2 N–H and O–H groups in total. The van der Waals surface area contributed by atoms with Crippen molar-refractivity contribution in [3.63, 3.8) is 0 Å². The Balaban J connectivity index is 1.58. The van der Waals surface area contributed by atoms with Gasteiger partial charge in [0.05, 0.1) is 22.0 Å². The van der Waals surface area contributed by atoms with Crippen LogP contribution in [0.25, 0.3) is 0 Å². The van der Waals surface area contributed by atoms with Crippen molar-refractivity contribution in [2.24, 2.45) is 5.10 Å². The molecular weight excluding hydrogens is 489 g/mol. The van der Waals surface area contributed by atoms with Gasteiger partial charge in [0.2, 0.25) is 0 Å². The van der Waals surface area contributed by atoms with E-state index in [0.29, 0.717) is 32.6 Å². The van der Waals surface area contributed by atoms with Crippen molar-refractivity contribution in [1.82, 2.24) is 5.43 Å². The molecule has 0 aliphatic rings. The summed E-state index contributed by atoms with van der Waals surface area (Å²) in [5.74, 6) is -2.14. The lowest BCUT2D eigenvalue weighted by Gasteiger charge is -2.08. The zero-order chi connectivity index (χ0) is 24.0. The predicted molar refractivity (Wildman–Crippen MR) is 128 cm³/mol. The zero-order valence-electron chi connectivity index (χ0n) is 17.1. The van der Waals surface area contributed by atoms with E-state index in [1.807, 2.05) is 0 Å². The highest BCUT2D eigenvalue weighted by Crippen LogP contribution is 2.25. The van der Waals surface area contributed by atoms with Gasteiger partial charge in [-0.25, -0.2) is 10.2 Å². The van der Waals surface area contributed by atoms with Crippen molar-refractivity contribution in [3.05, 3.63) is 92.9 Å².